The van der Waals surface area contributed by atoms with Crippen molar-refractivity contribution in [3.8, 4) is 5.75 Å². The summed E-state index contributed by atoms with van der Waals surface area (Å²) in [5.74, 6) is -0.269. The van der Waals surface area contributed by atoms with Gasteiger partial charge in [-0.3, -0.25) is 14.3 Å². The summed E-state index contributed by atoms with van der Waals surface area (Å²) < 4.78 is 38.7. The zero-order valence-electron chi connectivity index (χ0n) is 25.3. The Hall–Kier alpha value is -3.15. The van der Waals surface area contributed by atoms with E-state index in [1.54, 1.807) is 35.9 Å². The summed E-state index contributed by atoms with van der Waals surface area (Å²) in [7, 11) is -1.81. The maximum atomic E-state index is 14.1. The highest BCUT2D eigenvalue weighted by molar-refractivity contribution is 7.92. The van der Waals surface area contributed by atoms with Gasteiger partial charge in [-0.15, -0.1) is 0 Å². The van der Waals surface area contributed by atoms with E-state index in [1.165, 1.54) is 6.07 Å². The fourth-order valence-corrected chi connectivity index (χ4v) is 5.50. The molecule has 0 saturated carbocycles. The lowest BCUT2D eigenvalue weighted by Crippen LogP contribution is -2.48. The average molecular weight is 604 g/mol. The van der Waals surface area contributed by atoms with Crippen LogP contribution >= 0.6 is 0 Å². The molecule has 4 atom stereocenters. The summed E-state index contributed by atoms with van der Waals surface area (Å²) >= 11 is 0. The highest BCUT2D eigenvalue weighted by atomic mass is 32.2. The van der Waals surface area contributed by atoms with E-state index < -0.39 is 22.0 Å². The van der Waals surface area contributed by atoms with E-state index >= 15 is 0 Å². The van der Waals surface area contributed by atoms with E-state index in [4.69, 9.17) is 9.47 Å². The number of hydrogen-bond acceptors (Lipinski definition) is 7. The van der Waals surface area contributed by atoms with Crippen molar-refractivity contribution in [2.24, 2.45) is 5.92 Å². The molecule has 11 heteroatoms. The number of sulfonamides is 1. The lowest BCUT2D eigenvalue weighted by atomic mass is 10.0. The summed E-state index contributed by atoms with van der Waals surface area (Å²) in [5, 5.41) is 10.1. The second-order valence-electron chi connectivity index (χ2n) is 11.3. The Morgan fingerprint density at radius 3 is 2.55 bits per heavy atom. The van der Waals surface area contributed by atoms with Crippen LogP contribution in [0.5, 0.6) is 5.75 Å². The van der Waals surface area contributed by atoms with Crippen molar-refractivity contribution in [3.63, 3.8) is 0 Å². The molecule has 1 aliphatic rings. The molecular weight excluding hydrogens is 558 g/mol. The number of rotatable bonds is 8. The fourth-order valence-electron chi connectivity index (χ4n) is 4.94. The van der Waals surface area contributed by atoms with Gasteiger partial charge in [0.25, 0.3) is 5.91 Å². The van der Waals surface area contributed by atoms with Crippen LogP contribution < -0.4 is 9.46 Å². The molecule has 10 nitrogen and oxygen atoms in total. The third-order valence-electron chi connectivity index (χ3n) is 7.43. The number of carbonyl (C=O) groups is 2. The van der Waals surface area contributed by atoms with Crippen LogP contribution in [0.4, 0.5) is 5.69 Å². The van der Waals surface area contributed by atoms with E-state index in [0.29, 0.717) is 18.9 Å². The molecule has 1 heterocycles. The number of nitrogens with zero attached hydrogens (tertiary/aromatic N) is 2. The summed E-state index contributed by atoms with van der Waals surface area (Å²) in [6, 6.07) is 13.7. The van der Waals surface area contributed by atoms with Crippen LogP contribution in [0.25, 0.3) is 0 Å². The predicted octanol–water partition coefficient (Wildman–Crippen LogP) is 3.55. The third kappa shape index (κ3) is 9.99. The Labute approximate surface area is 250 Å². The monoisotopic (exact) mass is 603 g/mol. The SMILES string of the molecule is C[C@@H]1CCCCO[C@H](CN(C)C(=O)Cc2ccccc2)[C@@H](C)CN([C@H](C)CO)C(=O)c2cc(NS(C)(=O)=O)ccc2O1. The normalized spacial score (nSPS) is 21.4. The van der Waals surface area contributed by atoms with Gasteiger partial charge in [-0.2, -0.15) is 0 Å². The van der Waals surface area contributed by atoms with Crippen molar-refractivity contribution < 1.29 is 32.6 Å². The summed E-state index contributed by atoms with van der Waals surface area (Å²) in [6.45, 7) is 6.47. The number of hydrogen-bond donors (Lipinski definition) is 2. The van der Waals surface area contributed by atoms with Gasteiger partial charge >= 0.3 is 0 Å². The standard InChI is InChI=1S/C31H45N3O7S/c1-22-19-34(23(2)21-35)31(37)27-18-26(32-42(5,38)39)14-15-28(27)41-24(3)11-9-10-16-40-29(22)20-33(4)30(36)17-25-12-7-6-8-13-25/h6-8,12-15,18,22-24,29,32,35H,9-11,16-17,19-21H2,1-5H3/t22-,23+,24+,29+/m0/s1. The molecule has 3 rings (SSSR count). The Kier molecular flexibility index (Phi) is 12.2. The molecule has 1 aliphatic heterocycles. The van der Waals surface area contributed by atoms with Gasteiger partial charge in [0.15, 0.2) is 0 Å². The number of fused-ring (bicyclic) bond motifs is 1. The van der Waals surface area contributed by atoms with Crippen molar-refractivity contribution in [1.82, 2.24) is 9.80 Å². The molecule has 0 bridgehead atoms. The van der Waals surface area contributed by atoms with Gasteiger partial charge in [-0.05, 0) is 56.9 Å². The largest absolute Gasteiger partial charge is 0.490 e. The van der Waals surface area contributed by atoms with Crippen molar-refractivity contribution in [2.45, 2.75) is 64.7 Å². The minimum Gasteiger partial charge on any atom is -0.490 e. The first-order valence-corrected chi connectivity index (χ1v) is 16.4. The van der Waals surface area contributed by atoms with Gasteiger partial charge in [0.05, 0.1) is 43.1 Å². The zero-order chi connectivity index (χ0) is 30.9. The molecule has 232 valence electrons. The Morgan fingerprint density at radius 1 is 1.17 bits per heavy atom. The van der Waals surface area contributed by atoms with Crippen molar-refractivity contribution in [3.05, 3.63) is 59.7 Å². The third-order valence-corrected chi connectivity index (χ3v) is 8.04. The first-order valence-electron chi connectivity index (χ1n) is 14.5. The van der Waals surface area contributed by atoms with Gasteiger partial charge < -0.3 is 24.4 Å². The van der Waals surface area contributed by atoms with E-state index in [9.17, 15) is 23.1 Å². The average Bonchev–Trinajstić information content (AvgIpc) is 2.94. The zero-order valence-corrected chi connectivity index (χ0v) is 26.1. The van der Waals surface area contributed by atoms with Crippen molar-refractivity contribution in [1.29, 1.82) is 0 Å². The van der Waals surface area contributed by atoms with Gasteiger partial charge in [-0.1, -0.05) is 37.3 Å². The number of benzene rings is 2. The van der Waals surface area contributed by atoms with Crippen molar-refractivity contribution in [2.75, 3.05) is 44.3 Å². The maximum absolute atomic E-state index is 14.1. The Bertz CT molecular complexity index is 1290. The molecule has 0 unspecified atom stereocenters. The highest BCUT2D eigenvalue weighted by Gasteiger charge is 2.31. The van der Waals surface area contributed by atoms with E-state index in [0.717, 1.165) is 31.1 Å². The number of aliphatic hydroxyl groups is 1. The molecule has 0 spiro atoms. The van der Waals surface area contributed by atoms with Crippen molar-refractivity contribution >= 4 is 27.5 Å². The molecule has 2 aromatic rings. The molecular formula is C31H45N3O7S. The van der Waals surface area contributed by atoms with Crippen LogP contribution in [0.3, 0.4) is 0 Å². The molecule has 0 radical (unpaired) electrons. The summed E-state index contributed by atoms with van der Waals surface area (Å²) in [4.78, 5) is 30.3. The molecule has 0 aliphatic carbocycles. The number of nitrogens with one attached hydrogen (secondary N) is 1. The van der Waals surface area contributed by atoms with Crippen LogP contribution in [0.15, 0.2) is 48.5 Å². The van der Waals surface area contributed by atoms with Crippen LogP contribution in [0.2, 0.25) is 0 Å². The van der Waals surface area contributed by atoms with Gasteiger partial charge in [0, 0.05) is 38.3 Å². The van der Waals surface area contributed by atoms with Gasteiger partial charge in [0.1, 0.15) is 5.75 Å². The van der Waals surface area contributed by atoms with Crippen LogP contribution in [-0.4, -0.2) is 93.0 Å². The quantitative estimate of drug-likeness (QED) is 0.473. The molecule has 0 fully saturated rings. The topological polar surface area (TPSA) is 125 Å². The molecule has 2 amide bonds. The van der Waals surface area contributed by atoms with Crippen LogP contribution in [0.1, 0.15) is 56.0 Å². The second kappa shape index (κ2) is 15.4. The minimum atomic E-state index is -3.57. The number of carbonyl (C=O) groups excluding carboxylic acids is 2. The fraction of sp³-hybridized carbons (Fsp3) is 0.548. The maximum Gasteiger partial charge on any atom is 0.258 e. The van der Waals surface area contributed by atoms with Crippen LogP contribution in [-0.2, 0) is 26.0 Å². The first kappa shape index (κ1) is 33.4. The number of aliphatic hydroxyl groups excluding tert-OH is 1. The lowest BCUT2D eigenvalue weighted by molar-refractivity contribution is -0.131. The summed E-state index contributed by atoms with van der Waals surface area (Å²) in [5.41, 5.74) is 1.38. The molecule has 42 heavy (non-hydrogen) atoms. The van der Waals surface area contributed by atoms with E-state index in [-0.39, 0.29) is 54.9 Å². The Balaban J connectivity index is 1.91. The number of amides is 2. The number of ether oxygens (including phenoxy) is 2. The Morgan fingerprint density at radius 2 is 1.88 bits per heavy atom. The summed E-state index contributed by atoms with van der Waals surface area (Å²) in [6.07, 6.45) is 3.14. The van der Waals surface area contributed by atoms with Crippen LogP contribution in [0, 0.1) is 5.92 Å². The molecule has 2 aromatic carbocycles. The van der Waals surface area contributed by atoms with Gasteiger partial charge in [0.2, 0.25) is 15.9 Å². The smallest absolute Gasteiger partial charge is 0.258 e. The highest BCUT2D eigenvalue weighted by Crippen LogP contribution is 2.29. The minimum absolute atomic E-state index is 0.0288. The molecule has 0 saturated heterocycles. The van der Waals surface area contributed by atoms with Gasteiger partial charge in [-0.25, -0.2) is 8.42 Å². The first-order chi connectivity index (χ1) is 19.9. The van der Waals surface area contributed by atoms with E-state index in [1.807, 2.05) is 44.2 Å². The molecule has 2 N–H and O–H groups in total. The predicted molar refractivity (Wildman–Crippen MR) is 163 cm³/mol. The molecule has 0 aromatic heterocycles. The number of anilines is 1. The lowest BCUT2D eigenvalue weighted by Gasteiger charge is -2.36. The number of likely N-dealkylation sites (N-methyl/N-ethyl adjacent to an activating group) is 1. The van der Waals surface area contributed by atoms with E-state index in [2.05, 4.69) is 4.72 Å². The second-order valence-corrected chi connectivity index (χ2v) is 13.1.